The van der Waals surface area contributed by atoms with E-state index in [1.165, 1.54) is 0 Å². The lowest BCUT2D eigenvalue weighted by Crippen LogP contribution is -2.25. The average Bonchev–Trinajstić information content (AvgIpc) is 2.38. The highest BCUT2D eigenvalue weighted by Gasteiger charge is 2.05. The molecule has 0 heterocycles. The summed E-state index contributed by atoms with van der Waals surface area (Å²) in [4.78, 5) is 14.1. The van der Waals surface area contributed by atoms with E-state index in [0.29, 0.717) is 18.9 Å². The number of benzene rings is 1. The normalized spacial score (nSPS) is 11.1. The Balaban J connectivity index is 2.29. The Morgan fingerprint density at radius 2 is 2.15 bits per heavy atom. The summed E-state index contributed by atoms with van der Waals surface area (Å²) in [5.74, 6) is 0.727. The predicted molar refractivity (Wildman–Crippen MR) is 84.5 cm³/mol. The molecular formula is C16H27N3O. The van der Waals surface area contributed by atoms with Crippen LogP contribution in [-0.4, -0.2) is 30.9 Å². The van der Waals surface area contributed by atoms with Gasteiger partial charge in [-0.3, -0.25) is 4.79 Å². The molecule has 1 aromatic rings. The van der Waals surface area contributed by atoms with Crippen molar-refractivity contribution >= 4 is 11.6 Å². The van der Waals surface area contributed by atoms with Gasteiger partial charge in [0, 0.05) is 25.2 Å². The van der Waals surface area contributed by atoms with Gasteiger partial charge in [-0.2, -0.15) is 0 Å². The molecular weight excluding hydrogens is 250 g/mol. The van der Waals surface area contributed by atoms with Gasteiger partial charge in [0.15, 0.2) is 0 Å². The van der Waals surface area contributed by atoms with Crippen LogP contribution in [0.1, 0.15) is 32.3 Å². The number of hydrogen-bond donors (Lipinski definition) is 2. The molecule has 1 amide bonds. The Morgan fingerprint density at radius 1 is 1.40 bits per heavy atom. The van der Waals surface area contributed by atoms with Gasteiger partial charge in [0.05, 0.1) is 0 Å². The van der Waals surface area contributed by atoms with Crippen molar-refractivity contribution in [3.8, 4) is 0 Å². The number of nitrogens with one attached hydrogen (secondary N) is 1. The molecule has 0 spiro atoms. The van der Waals surface area contributed by atoms with E-state index in [9.17, 15) is 4.79 Å². The lowest BCUT2D eigenvalue weighted by Gasteiger charge is -2.18. The predicted octanol–water partition coefficient (Wildman–Crippen LogP) is 2.45. The van der Waals surface area contributed by atoms with Crippen molar-refractivity contribution in [2.75, 3.05) is 25.5 Å². The molecule has 0 aliphatic heterocycles. The lowest BCUT2D eigenvalue weighted by molar-refractivity contribution is -0.116. The fourth-order valence-corrected chi connectivity index (χ4v) is 2.22. The highest BCUT2D eigenvalue weighted by atomic mass is 16.1. The Kier molecular flexibility index (Phi) is 7.26. The molecule has 1 aromatic carbocycles. The topological polar surface area (TPSA) is 58.4 Å². The first-order valence-electron chi connectivity index (χ1n) is 7.28. The van der Waals surface area contributed by atoms with Gasteiger partial charge in [-0.15, -0.1) is 0 Å². The zero-order valence-electron chi connectivity index (χ0n) is 12.9. The summed E-state index contributed by atoms with van der Waals surface area (Å²) < 4.78 is 0. The smallest absolute Gasteiger partial charge is 0.224 e. The Hall–Kier alpha value is -1.39. The zero-order valence-corrected chi connectivity index (χ0v) is 12.9. The van der Waals surface area contributed by atoms with Crippen molar-refractivity contribution in [3.05, 3.63) is 29.8 Å². The summed E-state index contributed by atoms with van der Waals surface area (Å²) in [6, 6.07) is 7.68. The molecule has 1 rings (SSSR count). The number of amides is 1. The number of rotatable bonds is 8. The van der Waals surface area contributed by atoms with Gasteiger partial charge in [-0.05, 0) is 43.6 Å². The van der Waals surface area contributed by atoms with Gasteiger partial charge in [0.25, 0.3) is 0 Å². The number of anilines is 1. The van der Waals surface area contributed by atoms with Crippen molar-refractivity contribution in [3.63, 3.8) is 0 Å². The highest BCUT2D eigenvalue weighted by molar-refractivity contribution is 5.90. The van der Waals surface area contributed by atoms with Crippen LogP contribution >= 0.6 is 0 Å². The van der Waals surface area contributed by atoms with Crippen LogP contribution in [0.5, 0.6) is 0 Å². The minimum atomic E-state index is 0.0668. The van der Waals surface area contributed by atoms with E-state index in [-0.39, 0.29) is 5.91 Å². The summed E-state index contributed by atoms with van der Waals surface area (Å²) in [5.41, 5.74) is 7.44. The standard InChI is InChI=1S/C16H27N3O/c1-13(2)12-19(3)9-5-8-16(20)18-15-7-4-6-14(10-15)11-17/h4,6-7,10,13H,5,8-9,11-12,17H2,1-3H3,(H,18,20). The Labute approximate surface area is 122 Å². The summed E-state index contributed by atoms with van der Waals surface area (Å²) in [7, 11) is 2.10. The van der Waals surface area contributed by atoms with Crippen molar-refractivity contribution in [2.24, 2.45) is 11.7 Å². The minimum Gasteiger partial charge on any atom is -0.326 e. The van der Waals surface area contributed by atoms with E-state index in [2.05, 4.69) is 31.1 Å². The summed E-state index contributed by atoms with van der Waals surface area (Å²) in [6.45, 7) is 6.92. The number of hydrogen-bond acceptors (Lipinski definition) is 3. The maximum Gasteiger partial charge on any atom is 0.224 e. The molecule has 0 radical (unpaired) electrons. The van der Waals surface area contributed by atoms with Crippen LogP contribution in [0.15, 0.2) is 24.3 Å². The average molecular weight is 277 g/mol. The Morgan fingerprint density at radius 3 is 2.80 bits per heavy atom. The largest absolute Gasteiger partial charge is 0.326 e. The molecule has 0 unspecified atom stereocenters. The second kappa shape index (κ2) is 8.72. The summed E-state index contributed by atoms with van der Waals surface area (Å²) in [5, 5.41) is 2.92. The number of carbonyl (C=O) groups excluding carboxylic acids is 1. The van der Waals surface area contributed by atoms with Crippen LogP contribution in [0.2, 0.25) is 0 Å². The molecule has 3 N–H and O–H groups in total. The van der Waals surface area contributed by atoms with Crippen molar-refractivity contribution in [1.29, 1.82) is 0 Å². The molecule has 0 bridgehead atoms. The second-order valence-corrected chi connectivity index (χ2v) is 5.71. The third-order valence-corrected chi connectivity index (χ3v) is 3.07. The first-order chi connectivity index (χ1) is 9.51. The van der Waals surface area contributed by atoms with Crippen LogP contribution < -0.4 is 11.1 Å². The van der Waals surface area contributed by atoms with Gasteiger partial charge in [-0.1, -0.05) is 26.0 Å². The van der Waals surface area contributed by atoms with Gasteiger partial charge in [-0.25, -0.2) is 0 Å². The van der Waals surface area contributed by atoms with E-state index in [1.807, 2.05) is 24.3 Å². The molecule has 0 atom stereocenters. The second-order valence-electron chi connectivity index (χ2n) is 5.71. The van der Waals surface area contributed by atoms with Crippen molar-refractivity contribution < 1.29 is 4.79 Å². The van der Waals surface area contributed by atoms with Gasteiger partial charge in [0.2, 0.25) is 5.91 Å². The molecule has 4 heteroatoms. The summed E-state index contributed by atoms with van der Waals surface area (Å²) >= 11 is 0. The third kappa shape index (κ3) is 6.68. The number of nitrogens with zero attached hydrogens (tertiary/aromatic N) is 1. The Bertz CT molecular complexity index is 418. The van der Waals surface area contributed by atoms with E-state index < -0.39 is 0 Å². The summed E-state index contributed by atoms with van der Waals surface area (Å²) in [6.07, 6.45) is 1.43. The molecule has 0 saturated heterocycles. The van der Waals surface area contributed by atoms with E-state index >= 15 is 0 Å². The van der Waals surface area contributed by atoms with Crippen molar-refractivity contribution in [2.45, 2.75) is 33.2 Å². The quantitative estimate of drug-likeness (QED) is 0.767. The first kappa shape index (κ1) is 16.7. The first-order valence-corrected chi connectivity index (χ1v) is 7.28. The molecule has 0 fully saturated rings. The van der Waals surface area contributed by atoms with Crippen LogP contribution in [0, 0.1) is 5.92 Å². The molecule has 0 aromatic heterocycles. The lowest BCUT2D eigenvalue weighted by atomic mass is 10.2. The molecule has 0 aliphatic rings. The zero-order chi connectivity index (χ0) is 15.0. The monoisotopic (exact) mass is 277 g/mol. The molecule has 4 nitrogen and oxygen atoms in total. The fraction of sp³-hybridized carbons (Fsp3) is 0.562. The van der Waals surface area contributed by atoms with Crippen LogP contribution in [0.3, 0.4) is 0 Å². The van der Waals surface area contributed by atoms with E-state index in [1.54, 1.807) is 0 Å². The molecule has 0 saturated carbocycles. The van der Waals surface area contributed by atoms with E-state index in [0.717, 1.165) is 30.8 Å². The SMILES string of the molecule is CC(C)CN(C)CCCC(=O)Nc1cccc(CN)c1. The molecule has 0 aliphatic carbocycles. The minimum absolute atomic E-state index is 0.0668. The molecule has 112 valence electrons. The third-order valence-electron chi connectivity index (χ3n) is 3.07. The maximum atomic E-state index is 11.9. The number of nitrogens with two attached hydrogens (primary N) is 1. The van der Waals surface area contributed by atoms with Crippen molar-refractivity contribution in [1.82, 2.24) is 4.90 Å². The van der Waals surface area contributed by atoms with Crippen LogP contribution in [-0.2, 0) is 11.3 Å². The molecule has 20 heavy (non-hydrogen) atoms. The van der Waals surface area contributed by atoms with E-state index in [4.69, 9.17) is 5.73 Å². The fourth-order valence-electron chi connectivity index (χ4n) is 2.22. The van der Waals surface area contributed by atoms with Gasteiger partial charge < -0.3 is 16.0 Å². The van der Waals surface area contributed by atoms with Gasteiger partial charge in [0.1, 0.15) is 0 Å². The maximum absolute atomic E-state index is 11.9. The van der Waals surface area contributed by atoms with Crippen LogP contribution in [0.4, 0.5) is 5.69 Å². The highest BCUT2D eigenvalue weighted by Crippen LogP contribution is 2.10. The van der Waals surface area contributed by atoms with Gasteiger partial charge >= 0.3 is 0 Å². The number of carbonyl (C=O) groups is 1. The van der Waals surface area contributed by atoms with Crippen LogP contribution in [0.25, 0.3) is 0 Å².